The Kier molecular flexibility index (Phi) is 4.14. The van der Waals surface area contributed by atoms with Gasteiger partial charge in [-0.25, -0.2) is 0 Å². The van der Waals surface area contributed by atoms with Crippen LogP contribution in [-0.2, 0) is 14.3 Å². The van der Waals surface area contributed by atoms with Crippen molar-refractivity contribution in [2.24, 2.45) is 5.73 Å². The van der Waals surface area contributed by atoms with Crippen LogP contribution in [-0.4, -0.2) is 56.9 Å². The van der Waals surface area contributed by atoms with Crippen LogP contribution in [0.2, 0.25) is 0 Å². The minimum atomic E-state index is -0.440. The zero-order valence-electron chi connectivity index (χ0n) is 7.86. The summed E-state index contributed by atoms with van der Waals surface area (Å²) in [4.78, 5) is 13.1. The van der Waals surface area contributed by atoms with Gasteiger partial charge in [0.15, 0.2) is 6.10 Å². The summed E-state index contributed by atoms with van der Waals surface area (Å²) in [5, 5.41) is 0. The van der Waals surface area contributed by atoms with Gasteiger partial charge in [-0.3, -0.25) is 4.79 Å². The van der Waals surface area contributed by atoms with Crippen molar-refractivity contribution in [1.29, 1.82) is 0 Å². The third kappa shape index (κ3) is 2.95. The Morgan fingerprint density at radius 2 is 2.38 bits per heavy atom. The Morgan fingerprint density at radius 1 is 1.62 bits per heavy atom. The van der Waals surface area contributed by atoms with Crippen LogP contribution in [0.4, 0.5) is 0 Å². The van der Waals surface area contributed by atoms with E-state index >= 15 is 0 Å². The predicted octanol–water partition coefficient (Wildman–Crippen LogP) is -1.18. The van der Waals surface area contributed by atoms with E-state index in [1.165, 1.54) is 0 Å². The number of carbonyl (C=O) groups is 1. The monoisotopic (exact) mass is 188 g/mol. The maximum Gasteiger partial charge on any atom is 0.253 e. The van der Waals surface area contributed by atoms with Gasteiger partial charge in [0, 0.05) is 20.1 Å². The first-order chi connectivity index (χ1) is 6.25. The van der Waals surface area contributed by atoms with Crippen molar-refractivity contribution in [1.82, 2.24) is 4.90 Å². The van der Waals surface area contributed by atoms with Crippen LogP contribution in [0.5, 0.6) is 0 Å². The third-order valence-corrected chi connectivity index (χ3v) is 1.93. The van der Waals surface area contributed by atoms with E-state index in [1.807, 2.05) is 0 Å². The van der Waals surface area contributed by atoms with Crippen molar-refractivity contribution < 1.29 is 14.3 Å². The highest BCUT2D eigenvalue weighted by molar-refractivity contribution is 5.80. The van der Waals surface area contributed by atoms with Gasteiger partial charge in [-0.2, -0.15) is 0 Å². The molecule has 13 heavy (non-hydrogen) atoms. The highest BCUT2D eigenvalue weighted by Crippen LogP contribution is 2.03. The van der Waals surface area contributed by atoms with E-state index in [0.29, 0.717) is 32.9 Å². The normalized spacial score (nSPS) is 22.8. The molecule has 1 unspecified atom stereocenters. The number of nitrogens with zero attached hydrogens (tertiary/aromatic N) is 1. The molecule has 5 nitrogen and oxygen atoms in total. The molecular weight excluding hydrogens is 172 g/mol. The molecule has 0 aromatic rings. The van der Waals surface area contributed by atoms with Crippen molar-refractivity contribution in [3.8, 4) is 0 Å². The van der Waals surface area contributed by atoms with Gasteiger partial charge in [-0.05, 0) is 0 Å². The van der Waals surface area contributed by atoms with Crippen molar-refractivity contribution in [2.75, 3.05) is 40.0 Å². The Labute approximate surface area is 77.8 Å². The summed E-state index contributed by atoms with van der Waals surface area (Å²) < 4.78 is 10.4. The summed E-state index contributed by atoms with van der Waals surface area (Å²) in [6.07, 6.45) is -0.440. The summed E-state index contributed by atoms with van der Waals surface area (Å²) in [7, 11) is 1.72. The Balaban J connectivity index is 2.36. The maximum atomic E-state index is 11.6. The number of ether oxygens (including phenoxy) is 2. The van der Waals surface area contributed by atoms with E-state index < -0.39 is 6.10 Å². The van der Waals surface area contributed by atoms with Crippen molar-refractivity contribution in [2.45, 2.75) is 6.10 Å². The predicted molar refractivity (Wildman–Crippen MR) is 47.3 cm³/mol. The second-order valence-corrected chi connectivity index (χ2v) is 2.98. The number of likely N-dealkylation sites (N-methyl/N-ethyl adjacent to an activating group) is 1. The first-order valence-electron chi connectivity index (χ1n) is 4.40. The standard InChI is InChI=1S/C8H16N2O3/c1-10(3-2-9)8(11)7-6-12-4-5-13-7/h7H,2-6,9H2,1H3. The van der Waals surface area contributed by atoms with Gasteiger partial charge in [-0.15, -0.1) is 0 Å². The van der Waals surface area contributed by atoms with Crippen LogP contribution in [0.1, 0.15) is 0 Å². The topological polar surface area (TPSA) is 64.8 Å². The van der Waals surface area contributed by atoms with Crippen molar-refractivity contribution >= 4 is 5.91 Å². The van der Waals surface area contributed by atoms with Crippen LogP contribution in [0.25, 0.3) is 0 Å². The van der Waals surface area contributed by atoms with Gasteiger partial charge in [0.1, 0.15) is 0 Å². The fourth-order valence-electron chi connectivity index (χ4n) is 1.18. The lowest BCUT2D eigenvalue weighted by Crippen LogP contribution is -2.45. The van der Waals surface area contributed by atoms with Crippen LogP contribution >= 0.6 is 0 Å². The number of rotatable bonds is 3. The first-order valence-corrected chi connectivity index (χ1v) is 4.40. The molecule has 0 aromatic carbocycles. The highest BCUT2D eigenvalue weighted by atomic mass is 16.6. The number of amides is 1. The maximum absolute atomic E-state index is 11.6. The molecule has 0 saturated carbocycles. The van der Waals surface area contributed by atoms with Crippen LogP contribution in [0.3, 0.4) is 0 Å². The highest BCUT2D eigenvalue weighted by Gasteiger charge is 2.24. The SMILES string of the molecule is CN(CCN)C(=O)C1COCCO1. The number of hydrogen-bond acceptors (Lipinski definition) is 4. The van der Waals surface area contributed by atoms with Crippen LogP contribution in [0.15, 0.2) is 0 Å². The summed E-state index contributed by atoms with van der Waals surface area (Å²) in [6, 6.07) is 0. The van der Waals surface area contributed by atoms with E-state index in [-0.39, 0.29) is 5.91 Å². The number of nitrogens with two attached hydrogens (primary N) is 1. The molecule has 76 valence electrons. The molecule has 1 aliphatic heterocycles. The Bertz CT molecular complexity index is 169. The molecular formula is C8H16N2O3. The lowest BCUT2D eigenvalue weighted by Gasteiger charge is -2.26. The third-order valence-electron chi connectivity index (χ3n) is 1.93. The lowest BCUT2D eigenvalue weighted by molar-refractivity contribution is -0.156. The minimum absolute atomic E-state index is 0.0508. The molecule has 0 bridgehead atoms. The molecule has 1 fully saturated rings. The average molecular weight is 188 g/mol. The van der Waals surface area contributed by atoms with Gasteiger partial charge in [-0.1, -0.05) is 0 Å². The fourth-order valence-corrected chi connectivity index (χ4v) is 1.18. The second-order valence-electron chi connectivity index (χ2n) is 2.98. The quantitative estimate of drug-likeness (QED) is 0.605. The van der Waals surface area contributed by atoms with Gasteiger partial charge in [0.2, 0.25) is 0 Å². The van der Waals surface area contributed by atoms with E-state index in [9.17, 15) is 4.79 Å². The summed E-state index contributed by atoms with van der Waals surface area (Å²) in [5.41, 5.74) is 5.33. The second kappa shape index (κ2) is 5.16. The zero-order chi connectivity index (χ0) is 9.68. The number of carbonyl (C=O) groups excluding carboxylic acids is 1. The van der Waals surface area contributed by atoms with Crippen LogP contribution < -0.4 is 5.73 Å². The first kappa shape index (κ1) is 10.4. The molecule has 1 atom stereocenters. The molecule has 1 saturated heterocycles. The zero-order valence-corrected chi connectivity index (χ0v) is 7.86. The Morgan fingerprint density at radius 3 is 2.92 bits per heavy atom. The van der Waals surface area contributed by atoms with Gasteiger partial charge < -0.3 is 20.1 Å². The smallest absolute Gasteiger partial charge is 0.253 e. The van der Waals surface area contributed by atoms with Gasteiger partial charge >= 0.3 is 0 Å². The lowest BCUT2D eigenvalue weighted by atomic mass is 10.3. The van der Waals surface area contributed by atoms with E-state index in [2.05, 4.69) is 0 Å². The van der Waals surface area contributed by atoms with E-state index in [0.717, 1.165) is 0 Å². The van der Waals surface area contributed by atoms with Crippen molar-refractivity contribution in [3.63, 3.8) is 0 Å². The summed E-state index contributed by atoms with van der Waals surface area (Å²) >= 11 is 0. The molecule has 1 rings (SSSR count). The van der Waals surface area contributed by atoms with Gasteiger partial charge in [0.05, 0.1) is 19.8 Å². The molecule has 0 aromatic heterocycles. The largest absolute Gasteiger partial charge is 0.376 e. The molecule has 1 amide bonds. The molecule has 5 heteroatoms. The average Bonchev–Trinajstić information content (AvgIpc) is 2.18. The fraction of sp³-hybridized carbons (Fsp3) is 0.875. The molecule has 0 radical (unpaired) electrons. The summed E-state index contributed by atoms with van der Waals surface area (Å²) in [5.74, 6) is -0.0508. The molecule has 0 spiro atoms. The molecule has 1 heterocycles. The van der Waals surface area contributed by atoms with E-state index in [4.69, 9.17) is 15.2 Å². The molecule has 2 N–H and O–H groups in total. The van der Waals surface area contributed by atoms with Gasteiger partial charge in [0.25, 0.3) is 5.91 Å². The molecule has 1 aliphatic rings. The van der Waals surface area contributed by atoms with E-state index in [1.54, 1.807) is 11.9 Å². The van der Waals surface area contributed by atoms with Crippen LogP contribution in [0, 0.1) is 0 Å². The minimum Gasteiger partial charge on any atom is -0.376 e. The molecule has 0 aliphatic carbocycles. The summed E-state index contributed by atoms with van der Waals surface area (Å²) in [6.45, 7) is 2.44. The number of hydrogen-bond donors (Lipinski definition) is 1. The van der Waals surface area contributed by atoms with Crippen molar-refractivity contribution in [3.05, 3.63) is 0 Å². The Hall–Kier alpha value is -0.650.